The second-order valence-corrected chi connectivity index (χ2v) is 6.89. The van der Waals surface area contributed by atoms with Crippen molar-refractivity contribution < 1.29 is 19.3 Å². The molecule has 4 N–H and O–H groups in total. The predicted molar refractivity (Wildman–Crippen MR) is 114 cm³/mol. The van der Waals surface area contributed by atoms with Crippen LogP contribution in [0.2, 0.25) is 0 Å². The largest absolute Gasteiger partial charge is 0.480 e. The van der Waals surface area contributed by atoms with E-state index in [-0.39, 0.29) is 18.7 Å². The molecule has 6 heteroatoms. The van der Waals surface area contributed by atoms with E-state index in [1.54, 1.807) is 0 Å². The number of carbonyl (C=O) groups excluding carboxylic acids is 1. The van der Waals surface area contributed by atoms with E-state index in [9.17, 15) is 9.59 Å². The van der Waals surface area contributed by atoms with Crippen molar-refractivity contribution in [2.75, 3.05) is 5.32 Å². The van der Waals surface area contributed by atoms with Gasteiger partial charge in [-0.1, -0.05) is 36.4 Å². The SMILES string of the molecule is C[n+]1ccc(C=Cc2ccc(NC(=O)CC[C@H](N)C(=O)O)cc2)c2ccccc21. The third-order valence-electron chi connectivity index (χ3n) is 4.72. The number of hydrogen-bond acceptors (Lipinski definition) is 3. The molecule has 1 atom stereocenters. The number of anilines is 1. The molecule has 6 nitrogen and oxygen atoms in total. The van der Waals surface area contributed by atoms with Gasteiger partial charge in [0.15, 0.2) is 6.20 Å². The van der Waals surface area contributed by atoms with Crippen LogP contribution < -0.4 is 15.6 Å². The summed E-state index contributed by atoms with van der Waals surface area (Å²) >= 11 is 0. The van der Waals surface area contributed by atoms with E-state index in [1.807, 2.05) is 55.7 Å². The minimum atomic E-state index is -1.10. The van der Waals surface area contributed by atoms with Crippen molar-refractivity contribution in [1.29, 1.82) is 0 Å². The number of pyridine rings is 1. The van der Waals surface area contributed by atoms with Crippen LogP contribution in [0.15, 0.2) is 60.8 Å². The molecule has 0 radical (unpaired) electrons. The number of rotatable bonds is 7. The van der Waals surface area contributed by atoms with E-state index in [0.717, 1.165) is 16.6 Å². The van der Waals surface area contributed by atoms with Crippen LogP contribution >= 0.6 is 0 Å². The topological polar surface area (TPSA) is 96.3 Å². The fraction of sp³-hybridized carbons (Fsp3) is 0.174. The molecule has 1 amide bonds. The Kier molecular flexibility index (Phi) is 6.36. The first-order valence-electron chi connectivity index (χ1n) is 9.38. The molecule has 3 rings (SSSR count). The van der Waals surface area contributed by atoms with Gasteiger partial charge >= 0.3 is 5.97 Å². The summed E-state index contributed by atoms with van der Waals surface area (Å²) in [6.07, 6.45) is 6.30. The molecule has 1 heterocycles. The molecule has 0 unspecified atom stereocenters. The highest BCUT2D eigenvalue weighted by atomic mass is 16.4. The van der Waals surface area contributed by atoms with Crippen LogP contribution in [0.1, 0.15) is 24.0 Å². The van der Waals surface area contributed by atoms with E-state index >= 15 is 0 Å². The van der Waals surface area contributed by atoms with Gasteiger partial charge in [0.25, 0.3) is 0 Å². The number of para-hydroxylation sites is 1. The molecule has 0 aliphatic heterocycles. The fourth-order valence-electron chi connectivity index (χ4n) is 3.03. The smallest absolute Gasteiger partial charge is 0.320 e. The molecule has 0 bridgehead atoms. The molecule has 0 aliphatic carbocycles. The molecule has 0 saturated carbocycles. The lowest BCUT2D eigenvalue weighted by atomic mass is 10.1. The normalized spacial score (nSPS) is 12.2. The molecule has 0 fully saturated rings. The maximum atomic E-state index is 11.9. The fourth-order valence-corrected chi connectivity index (χ4v) is 3.03. The molecule has 0 spiro atoms. The van der Waals surface area contributed by atoms with Crippen molar-refractivity contribution >= 4 is 40.6 Å². The number of amides is 1. The number of hydrogen-bond donors (Lipinski definition) is 3. The third kappa shape index (κ3) is 5.27. The van der Waals surface area contributed by atoms with Crippen LogP contribution in [0.5, 0.6) is 0 Å². The number of fused-ring (bicyclic) bond motifs is 1. The predicted octanol–water partition coefficient (Wildman–Crippen LogP) is 2.97. The van der Waals surface area contributed by atoms with E-state index in [2.05, 4.69) is 34.2 Å². The van der Waals surface area contributed by atoms with Crippen LogP contribution in [0, 0.1) is 0 Å². The maximum Gasteiger partial charge on any atom is 0.320 e. The average molecular weight is 390 g/mol. The Morgan fingerprint density at radius 2 is 1.83 bits per heavy atom. The van der Waals surface area contributed by atoms with E-state index in [1.165, 1.54) is 5.39 Å². The quantitative estimate of drug-likeness (QED) is 0.541. The van der Waals surface area contributed by atoms with Gasteiger partial charge in [-0.05, 0) is 35.7 Å². The first-order chi connectivity index (χ1) is 13.9. The van der Waals surface area contributed by atoms with Gasteiger partial charge in [-0.2, -0.15) is 0 Å². The minimum Gasteiger partial charge on any atom is -0.480 e. The number of nitrogens with one attached hydrogen (secondary N) is 1. The molecule has 0 aliphatic rings. The van der Waals surface area contributed by atoms with Gasteiger partial charge in [0, 0.05) is 24.2 Å². The third-order valence-corrected chi connectivity index (χ3v) is 4.72. The first kappa shape index (κ1) is 20.2. The number of aryl methyl sites for hydroxylation is 1. The highest BCUT2D eigenvalue weighted by molar-refractivity contribution is 5.91. The lowest BCUT2D eigenvalue weighted by Gasteiger charge is -2.07. The van der Waals surface area contributed by atoms with Crippen molar-refractivity contribution in [1.82, 2.24) is 0 Å². The van der Waals surface area contributed by atoms with Crippen molar-refractivity contribution in [3.05, 3.63) is 71.9 Å². The number of nitrogens with two attached hydrogens (primary N) is 1. The maximum absolute atomic E-state index is 11.9. The summed E-state index contributed by atoms with van der Waals surface area (Å²) in [5, 5.41) is 12.7. The van der Waals surface area contributed by atoms with Gasteiger partial charge in [-0.25, -0.2) is 4.57 Å². The Morgan fingerprint density at radius 1 is 1.10 bits per heavy atom. The standard InChI is InChI=1S/C23H23N3O3/c1-26-15-14-17(19-4-2-3-5-21(19)26)9-6-16-7-10-18(11-8-16)25-22(27)13-12-20(24)23(28)29/h2-11,14-15,20H,12-13,24H2,1H3,(H,28,29)/p+1/t20-/m0/s1. The number of benzene rings is 2. The Balaban J connectivity index is 1.65. The van der Waals surface area contributed by atoms with Crippen LogP contribution in [0.3, 0.4) is 0 Å². The lowest BCUT2D eigenvalue weighted by Crippen LogP contribution is -2.31. The molecule has 1 aromatic heterocycles. The summed E-state index contributed by atoms with van der Waals surface area (Å²) in [6.45, 7) is 0. The van der Waals surface area contributed by atoms with Gasteiger partial charge in [-0.3, -0.25) is 9.59 Å². The van der Waals surface area contributed by atoms with E-state index < -0.39 is 12.0 Å². The summed E-state index contributed by atoms with van der Waals surface area (Å²) in [5.41, 5.74) is 9.37. The van der Waals surface area contributed by atoms with Gasteiger partial charge in [0.2, 0.25) is 11.4 Å². The lowest BCUT2D eigenvalue weighted by molar-refractivity contribution is -0.644. The van der Waals surface area contributed by atoms with Crippen molar-refractivity contribution in [3.8, 4) is 0 Å². The van der Waals surface area contributed by atoms with Gasteiger partial charge < -0.3 is 16.2 Å². The van der Waals surface area contributed by atoms with Gasteiger partial charge in [0.1, 0.15) is 13.1 Å². The minimum absolute atomic E-state index is 0.0631. The zero-order valence-electron chi connectivity index (χ0n) is 16.2. The van der Waals surface area contributed by atoms with Crippen LogP contribution in [0.4, 0.5) is 5.69 Å². The second-order valence-electron chi connectivity index (χ2n) is 6.89. The summed E-state index contributed by atoms with van der Waals surface area (Å²) in [4.78, 5) is 22.6. The monoisotopic (exact) mass is 390 g/mol. The zero-order chi connectivity index (χ0) is 20.8. The van der Waals surface area contributed by atoms with Crippen LogP contribution in [0.25, 0.3) is 23.1 Å². The Bertz CT molecular complexity index is 1060. The Hall–Kier alpha value is -3.51. The highest BCUT2D eigenvalue weighted by Gasteiger charge is 2.13. The second kappa shape index (κ2) is 9.12. The summed E-state index contributed by atoms with van der Waals surface area (Å²) in [5.74, 6) is -1.36. The summed E-state index contributed by atoms with van der Waals surface area (Å²) in [7, 11) is 2.03. The number of carbonyl (C=O) groups is 2. The average Bonchev–Trinajstić information content (AvgIpc) is 2.72. The highest BCUT2D eigenvalue weighted by Crippen LogP contribution is 2.18. The van der Waals surface area contributed by atoms with E-state index in [4.69, 9.17) is 10.8 Å². The molecule has 2 aromatic carbocycles. The zero-order valence-corrected chi connectivity index (χ0v) is 16.2. The number of aromatic nitrogens is 1. The molecular weight excluding hydrogens is 366 g/mol. The van der Waals surface area contributed by atoms with Crippen molar-refractivity contribution in [2.45, 2.75) is 18.9 Å². The van der Waals surface area contributed by atoms with Gasteiger partial charge in [0.05, 0.1) is 5.39 Å². The van der Waals surface area contributed by atoms with Crippen molar-refractivity contribution in [2.24, 2.45) is 12.8 Å². The molecule has 0 saturated heterocycles. The molecular formula is C23H24N3O3+. The molecule has 148 valence electrons. The summed E-state index contributed by atoms with van der Waals surface area (Å²) < 4.78 is 2.09. The van der Waals surface area contributed by atoms with Crippen LogP contribution in [-0.4, -0.2) is 23.0 Å². The summed E-state index contributed by atoms with van der Waals surface area (Å²) in [6, 6.07) is 16.8. The van der Waals surface area contributed by atoms with E-state index in [0.29, 0.717) is 5.69 Å². The van der Waals surface area contributed by atoms with Gasteiger partial charge in [-0.15, -0.1) is 0 Å². The number of carboxylic acid groups (broad SMARTS) is 1. The first-order valence-corrected chi connectivity index (χ1v) is 9.38. The Morgan fingerprint density at radius 3 is 2.55 bits per heavy atom. The molecule has 29 heavy (non-hydrogen) atoms. The number of aliphatic carboxylic acids is 1. The number of nitrogens with zero attached hydrogens (tertiary/aromatic N) is 1. The number of carboxylic acids is 1. The molecule has 3 aromatic rings. The Labute approximate surface area is 169 Å². The van der Waals surface area contributed by atoms with Crippen molar-refractivity contribution in [3.63, 3.8) is 0 Å². The van der Waals surface area contributed by atoms with Crippen LogP contribution in [-0.2, 0) is 16.6 Å².